The predicted molar refractivity (Wildman–Crippen MR) is 76.1 cm³/mol. The number of anilines is 1. The van der Waals surface area contributed by atoms with Gasteiger partial charge in [0.1, 0.15) is 4.99 Å². The fraction of sp³-hybridized carbons (Fsp3) is 0.417. The van der Waals surface area contributed by atoms with Gasteiger partial charge in [-0.25, -0.2) is 0 Å². The quantitative estimate of drug-likeness (QED) is 0.851. The lowest BCUT2D eigenvalue weighted by atomic mass is 10.1. The number of thiocarbonyl (C=S) groups is 1. The van der Waals surface area contributed by atoms with E-state index in [1.165, 1.54) is 24.9 Å². The Morgan fingerprint density at radius 2 is 1.94 bits per heavy atom. The Hall–Kier alpha value is -0.610. The summed E-state index contributed by atoms with van der Waals surface area (Å²) in [5, 5.41) is 0. The highest BCUT2D eigenvalue weighted by Crippen LogP contribution is 2.27. The molecule has 1 saturated heterocycles. The molecule has 0 amide bonds. The molecule has 0 aromatic heterocycles. The van der Waals surface area contributed by atoms with Crippen molar-refractivity contribution in [3.05, 3.63) is 28.2 Å². The first-order valence-corrected chi connectivity index (χ1v) is 6.73. The maximum Gasteiger partial charge on any atom is 0.106 e. The molecule has 0 atom stereocenters. The van der Waals surface area contributed by atoms with Crippen LogP contribution in [-0.2, 0) is 0 Å². The standard InChI is InChI=1S/C12H15BrN2S/c13-9-4-5-10(12(14)16)11(8-9)15-6-2-1-3-7-15/h4-5,8H,1-3,6-7H2,(H2,14,16). The number of nitrogens with zero attached hydrogens (tertiary/aromatic N) is 1. The van der Waals surface area contributed by atoms with Crippen LogP contribution in [0, 0.1) is 0 Å². The van der Waals surface area contributed by atoms with Crippen LogP contribution in [0.4, 0.5) is 5.69 Å². The molecule has 4 heteroatoms. The minimum Gasteiger partial charge on any atom is -0.389 e. The largest absolute Gasteiger partial charge is 0.389 e. The lowest BCUT2D eigenvalue weighted by Crippen LogP contribution is -2.31. The zero-order valence-corrected chi connectivity index (χ0v) is 11.5. The van der Waals surface area contributed by atoms with E-state index in [0.29, 0.717) is 4.99 Å². The highest BCUT2D eigenvalue weighted by atomic mass is 79.9. The highest BCUT2D eigenvalue weighted by molar-refractivity contribution is 9.10. The number of hydrogen-bond donors (Lipinski definition) is 1. The van der Waals surface area contributed by atoms with E-state index in [9.17, 15) is 0 Å². The highest BCUT2D eigenvalue weighted by Gasteiger charge is 2.15. The molecule has 1 heterocycles. The molecule has 1 aliphatic rings. The summed E-state index contributed by atoms with van der Waals surface area (Å²) < 4.78 is 1.08. The van der Waals surface area contributed by atoms with Gasteiger partial charge in [-0.2, -0.15) is 0 Å². The molecule has 0 radical (unpaired) electrons. The summed E-state index contributed by atoms with van der Waals surface area (Å²) in [6.07, 6.45) is 3.83. The van der Waals surface area contributed by atoms with E-state index in [1.54, 1.807) is 0 Å². The zero-order valence-electron chi connectivity index (χ0n) is 9.08. The Morgan fingerprint density at radius 3 is 2.56 bits per heavy atom. The number of nitrogens with two attached hydrogens (primary N) is 1. The third-order valence-corrected chi connectivity index (χ3v) is 3.64. The molecule has 2 N–H and O–H groups in total. The summed E-state index contributed by atoms with van der Waals surface area (Å²) in [5.41, 5.74) is 7.92. The van der Waals surface area contributed by atoms with Crippen LogP contribution >= 0.6 is 28.1 Å². The minimum atomic E-state index is 0.480. The third-order valence-electron chi connectivity index (χ3n) is 2.92. The van der Waals surface area contributed by atoms with Gasteiger partial charge in [-0.1, -0.05) is 28.1 Å². The molecule has 1 aromatic rings. The number of rotatable bonds is 2. The summed E-state index contributed by atoms with van der Waals surface area (Å²) >= 11 is 8.60. The van der Waals surface area contributed by atoms with Gasteiger partial charge in [-0.05, 0) is 37.5 Å². The summed E-state index contributed by atoms with van der Waals surface area (Å²) in [4.78, 5) is 2.86. The molecule has 0 aliphatic carbocycles. The smallest absolute Gasteiger partial charge is 0.106 e. The number of benzene rings is 1. The fourth-order valence-electron chi connectivity index (χ4n) is 2.11. The van der Waals surface area contributed by atoms with E-state index in [2.05, 4.69) is 26.9 Å². The second-order valence-corrected chi connectivity index (χ2v) is 5.43. The second-order valence-electron chi connectivity index (χ2n) is 4.07. The Kier molecular flexibility index (Phi) is 3.82. The third kappa shape index (κ3) is 2.55. The van der Waals surface area contributed by atoms with Crippen molar-refractivity contribution in [1.82, 2.24) is 0 Å². The molecule has 1 fully saturated rings. The van der Waals surface area contributed by atoms with Crippen molar-refractivity contribution in [2.75, 3.05) is 18.0 Å². The lowest BCUT2D eigenvalue weighted by Gasteiger charge is -2.30. The second kappa shape index (κ2) is 5.15. The SMILES string of the molecule is NC(=S)c1ccc(Br)cc1N1CCCCC1. The maximum absolute atomic E-state index is 5.76. The van der Waals surface area contributed by atoms with E-state index >= 15 is 0 Å². The monoisotopic (exact) mass is 298 g/mol. The van der Waals surface area contributed by atoms with Crippen molar-refractivity contribution >= 4 is 38.8 Å². The maximum atomic E-state index is 5.76. The fourth-order valence-corrected chi connectivity index (χ4v) is 2.63. The van der Waals surface area contributed by atoms with Crippen LogP contribution in [0.1, 0.15) is 24.8 Å². The van der Waals surface area contributed by atoms with Gasteiger partial charge in [0.2, 0.25) is 0 Å². The predicted octanol–water partition coefficient (Wildman–Crippen LogP) is 3.07. The van der Waals surface area contributed by atoms with Crippen molar-refractivity contribution in [1.29, 1.82) is 0 Å². The average Bonchev–Trinajstić information content (AvgIpc) is 2.29. The molecular weight excluding hydrogens is 284 g/mol. The van der Waals surface area contributed by atoms with Crippen molar-refractivity contribution in [2.24, 2.45) is 5.73 Å². The van der Waals surface area contributed by atoms with Crippen LogP contribution in [0.25, 0.3) is 0 Å². The van der Waals surface area contributed by atoms with E-state index in [0.717, 1.165) is 23.1 Å². The molecule has 0 bridgehead atoms. The number of piperidine rings is 1. The van der Waals surface area contributed by atoms with E-state index in [1.807, 2.05) is 12.1 Å². The van der Waals surface area contributed by atoms with Gasteiger partial charge in [0, 0.05) is 28.8 Å². The normalized spacial score (nSPS) is 16.2. The summed E-state index contributed by atoms with van der Waals surface area (Å²) in [6.45, 7) is 2.21. The van der Waals surface area contributed by atoms with Crippen LogP contribution in [-0.4, -0.2) is 18.1 Å². The molecule has 1 aromatic carbocycles. The van der Waals surface area contributed by atoms with Gasteiger partial charge < -0.3 is 10.6 Å². The number of halogens is 1. The Balaban J connectivity index is 2.36. The first-order chi connectivity index (χ1) is 7.68. The molecule has 1 aliphatic heterocycles. The Bertz CT molecular complexity index is 400. The number of hydrogen-bond acceptors (Lipinski definition) is 2. The van der Waals surface area contributed by atoms with Gasteiger partial charge in [0.25, 0.3) is 0 Å². The Morgan fingerprint density at radius 1 is 1.25 bits per heavy atom. The van der Waals surface area contributed by atoms with E-state index in [4.69, 9.17) is 18.0 Å². The summed E-state index contributed by atoms with van der Waals surface area (Å²) in [5.74, 6) is 0. The van der Waals surface area contributed by atoms with E-state index < -0.39 is 0 Å². The Labute approximate surface area is 110 Å². The zero-order chi connectivity index (χ0) is 11.5. The van der Waals surface area contributed by atoms with Crippen LogP contribution in [0.5, 0.6) is 0 Å². The topological polar surface area (TPSA) is 29.3 Å². The van der Waals surface area contributed by atoms with Gasteiger partial charge >= 0.3 is 0 Å². The van der Waals surface area contributed by atoms with Crippen molar-refractivity contribution in [3.8, 4) is 0 Å². The molecule has 0 unspecified atom stereocenters. The van der Waals surface area contributed by atoms with Crippen LogP contribution in [0.2, 0.25) is 0 Å². The lowest BCUT2D eigenvalue weighted by molar-refractivity contribution is 0.577. The average molecular weight is 299 g/mol. The van der Waals surface area contributed by atoms with Gasteiger partial charge in [-0.3, -0.25) is 0 Å². The summed E-state index contributed by atoms with van der Waals surface area (Å²) in [7, 11) is 0. The van der Waals surface area contributed by atoms with Gasteiger partial charge in [0.05, 0.1) is 0 Å². The molecular formula is C12H15BrN2S. The minimum absolute atomic E-state index is 0.480. The molecule has 0 saturated carbocycles. The molecule has 2 rings (SSSR count). The molecule has 0 spiro atoms. The first-order valence-electron chi connectivity index (χ1n) is 5.53. The van der Waals surface area contributed by atoms with Crippen molar-refractivity contribution < 1.29 is 0 Å². The van der Waals surface area contributed by atoms with Crippen LogP contribution in [0.3, 0.4) is 0 Å². The van der Waals surface area contributed by atoms with Crippen LogP contribution in [0.15, 0.2) is 22.7 Å². The molecule has 86 valence electrons. The molecule has 16 heavy (non-hydrogen) atoms. The first kappa shape index (κ1) is 11.9. The molecule has 2 nitrogen and oxygen atoms in total. The van der Waals surface area contributed by atoms with Crippen LogP contribution < -0.4 is 10.6 Å². The summed E-state index contributed by atoms with van der Waals surface area (Å²) in [6, 6.07) is 6.10. The van der Waals surface area contributed by atoms with Gasteiger partial charge in [-0.15, -0.1) is 0 Å². The van der Waals surface area contributed by atoms with E-state index in [-0.39, 0.29) is 0 Å². The van der Waals surface area contributed by atoms with Crippen molar-refractivity contribution in [3.63, 3.8) is 0 Å². The van der Waals surface area contributed by atoms with Gasteiger partial charge in [0.15, 0.2) is 0 Å². The van der Waals surface area contributed by atoms with Crippen molar-refractivity contribution in [2.45, 2.75) is 19.3 Å².